The van der Waals surface area contributed by atoms with Crippen LogP contribution >= 0.6 is 0 Å². The van der Waals surface area contributed by atoms with E-state index in [-0.39, 0.29) is 6.10 Å². The van der Waals surface area contributed by atoms with Crippen molar-refractivity contribution in [2.24, 2.45) is 0 Å². The molecule has 2 aliphatic rings. The number of aromatic nitrogens is 4. The summed E-state index contributed by atoms with van der Waals surface area (Å²) in [4.78, 5) is 18.4. The third-order valence-corrected chi connectivity index (χ3v) is 5.81. The van der Waals surface area contributed by atoms with Crippen LogP contribution in [-0.4, -0.2) is 65.5 Å². The second-order valence-electron chi connectivity index (χ2n) is 7.55. The minimum absolute atomic E-state index is 0.259. The highest BCUT2D eigenvalue weighted by Gasteiger charge is 2.24. The van der Waals surface area contributed by atoms with Crippen molar-refractivity contribution >= 4 is 22.7 Å². The lowest BCUT2D eigenvalue weighted by atomic mass is 10.2. The van der Waals surface area contributed by atoms with E-state index in [1.807, 2.05) is 18.5 Å². The average Bonchev–Trinajstić information content (AvgIpc) is 3.44. The molecule has 3 aromatic rings. The molecule has 2 aromatic heterocycles. The van der Waals surface area contributed by atoms with Crippen molar-refractivity contribution in [1.29, 1.82) is 0 Å². The first-order chi connectivity index (χ1) is 14.3. The Morgan fingerprint density at radius 2 is 1.90 bits per heavy atom. The van der Waals surface area contributed by atoms with E-state index in [1.165, 1.54) is 0 Å². The fourth-order valence-corrected chi connectivity index (χ4v) is 4.29. The molecule has 4 heterocycles. The summed E-state index contributed by atoms with van der Waals surface area (Å²) in [6.45, 7) is 5.22. The molecule has 29 heavy (non-hydrogen) atoms. The second-order valence-corrected chi connectivity index (χ2v) is 7.55. The first-order valence-corrected chi connectivity index (χ1v) is 10.2. The molecule has 1 atom stereocenters. The van der Waals surface area contributed by atoms with E-state index in [4.69, 9.17) is 9.47 Å². The SMILES string of the molecule is COc1ccccc1N1CCN(c2ncnc3c2ncn3CC2CCCO2)CC1. The third kappa shape index (κ3) is 3.48. The minimum Gasteiger partial charge on any atom is -0.495 e. The van der Waals surface area contributed by atoms with Crippen LogP contribution in [0, 0.1) is 0 Å². The summed E-state index contributed by atoms with van der Waals surface area (Å²) < 4.78 is 13.4. The molecule has 1 aromatic carbocycles. The van der Waals surface area contributed by atoms with Crippen molar-refractivity contribution < 1.29 is 9.47 Å². The van der Waals surface area contributed by atoms with E-state index in [2.05, 4.69) is 41.5 Å². The predicted molar refractivity (Wildman–Crippen MR) is 112 cm³/mol. The molecule has 0 amide bonds. The lowest BCUT2D eigenvalue weighted by Crippen LogP contribution is -2.47. The molecule has 0 bridgehead atoms. The zero-order valence-corrected chi connectivity index (χ0v) is 16.7. The van der Waals surface area contributed by atoms with Gasteiger partial charge in [0.2, 0.25) is 0 Å². The van der Waals surface area contributed by atoms with Crippen molar-refractivity contribution in [2.75, 3.05) is 49.7 Å². The van der Waals surface area contributed by atoms with Gasteiger partial charge < -0.3 is 23.8 Å². The van der Waals surface area contributed by atoms with Crippen molar-refractivity contribution in [2.45, 2.75) is 25.5 Å². The van der Waals surface area contributed by atoms with Gasteiger partial charge in [-0.3, -0.25) is 0 Å². The highest BCUT2D eigenvalue weighted by Crippen LogP contribution is 2.30. The smallest absolute Gasteiger partial charge is 0.165 e. The highest BCUT2D eigenvalue weighted by molar-refractivity contribution is 5.83. The number of para-hydroxylation sites is 2. The number of benzene rings is 1. The lowest BCUT2D eigenvalue weighted by Gasteiger charge is -2.37. The van der Waals surface area contributed by atoms with Crippen LogP contribution in [0.5, 0.6) is 5.75 Å². The number of imidazole rings is 1. The minimum atomic E-state index is 0.259. The van der Waals surface area contributed by atoms with Gasteiger partial charge in [0.05, 0.1) is 31.8 Å². The van der Waals surface area contributed by atoms with Crippen molar-refractivity contribution in [3.05, 3.63) is 36.9 Å². The van der Waals surface area contributed by atoms with Gasteiger partial charge in [-0.05, 0) is 25.0 Å². The van der Waals surface area contributed by atoms with Crippen molar-refractivity contribution in [1.82, 2.24) is 19.5 Å². The fraction of sp³-hybridized carbons (Fsp3) is 0.476. The molecule has 0 saturated carbocycles. The van der Waals surface area contributed by atoms with Gasteiger partial charge in [0.25, 0.3) is 0 Å². The maximum atomic E-state index is 5.78. The number of fused-ring (bicyclic) bond motifs is 1. The number of hydrogen-bond acceptors (Lipinski definition) is 7. The molecular weight excluding hydrogens is 368 g/mol. The van der Waals surface area contributed by atoms with Gasteiger partial charge in [-0.25, -0.2) is 15.0 Å². The van der Waals surface area contributed by atoms with Gasteiger partial charge in [-0.2, -0.15) is 0 Å². The van der Waals surface area contributed by atoms with Gasteiger partial charge in [-0.1, -0.05) is 12.1 Å². The van der Waals surface area contributed by atoms with E-state index in [1.54, 1.807) is 13.4 Å². The second kappa shape index (κ2) is 7.87. The van der Waals surface area contributed by atoms with Gasteiger partial charge in [-0.15, -0.1) is 0 Å². The molecule has 0 N–H and O–H groups in total. The van der Waals surface area contributed by atoms with Crippen LogP contribution in [0.25, 0.3) is 11.2 Å². The van der Waals surface area contributed by atoms with Crippen molar-refractivity contribution in [3.8, 4) is 5.75 Å². The zero-order valence-electron chi connectivity index (χ0n) is 16.7. The first-order valence-electron chi connectivity index (χ1n) is 10.2. The van der Waals surface area contributed by atoms with Crippen LogP contribution in [0.2, 0.25) is 0 Å². The summed E-state index contributed by atoms with van der Waals surface area (Å²) in [7, 11) is 1.72. The Kier molecular flexibility index (Phi) is 4.93. The molecule has 2 aliphatic heterocycles. The topological polar surface area (TPSA) is 68.5 Å². The predicted octanol–water partition coefficient (Wildman–Crippen LogP) is 2.34. The quantitative estimate of drug-likeness (QED) is 0.658. The lowest BCUT2D eigenvalue weighted by molar-refractivity contribution is 0.0978. The molecular formula is C21H26N6O2. The Bertz CT molecular complexity index is 976. The molecule has 8 heteroatoms. The highest BCUT2D eigenvalue weighted by atomic mass is 16.5. The molecule has 0 spiro atoms. The Morgan fingerprint density at radius 1 is 1.07 bits per heavy atom. The number of piperazine rings is 1. The Labute approximate surface area is 170 Å². The van der Waals surface area contributed by atoms with Gasteiger partial charge in [0, 0.05) is 32.8 Å². The summed E-state index contributed by atoms with van der Waals surface area (Å²) in [5.74, 6) is 1.83. The van der Waals surface area contributed by atoms with Crippen LogP contribution in [-0.2, 0) is 11.3 Å². The standard InChI is InChI=1S/C21H26N6O2/c1-28-18-7-3-2-6-17(18)25-8-10-26(11-9-25)20-19-21(23-14-22-20)27(15-24-19)13-16-5-4-12-29-16/h2-3,6-7,14-16H,4-5,8-13H2,1H3. The normalized spacial score (nSPS) is 19.8. The van der Waals surface area contributed by atoms with Gasteiger partial charge in [0.15, 0.2) is 17.0 Å². The van der Waals surface area contributed by atoms with Crippen LogP contribution in [0.3, 0.4) is 0 Å². The number of rotatable bonds is 5. The van der Waals surface area contributed by atoms with Gasteiger partial charge >= 0.3 is 0 Å². The average molecular weight is 394 g/mol. The molecule has 2 saturated heterocycles. The maximum Gasteiger partial charge on any atom is 0.165 e. The summed E-state index contributed by atoms with van der Waals surface area (Å²) in [6, 6.07) is 8.18. The van der Waals surface area contributed by atoms with Crippen LogP contribution in [0.4, 0.5) is 11.5 Å². The zero-order chi connectivity index (χ0) is 19.6. The monoisotopic (exact) mass is 394 g/mol. The molecule has 0 aliphatic carbocycles. The molecule has 5 rings (SSSR count). The molecule has 2 fully saturated rings. The van der Waals surface area contributed by atoms with Crippen molar-refractivity contribution in [3.63, 3.8) is 0 Å². The number of ether oxygens (including phenoxy) is 2. The summed E-state index contributed by atoms with van der Waals surface area (Å²) in [5.41, 5.74) is 2.90. The molecule has 152 valence electrons. The summed E-state index contributed by atoms with van der Waals surface area (Å²) >= 11 is 0. The van der Waals surface area contributed by atoms with E-state index in [0.717, 1.165) is 80.6 Å². The maximum absolute atomic E-state index is 5.78. The molecule has 0 radical (unpaired) electrons. The Morgan fingerprint density at radius 3 is 2.69 bits per heavy atom. The van der Waals surface area contributed by atoms with Crippen LogP contribution < -0.4 is 14.5 Å². The summed E-state index contributed by atoms with van der Waals surface area (Å²) in [6.07, 6.45) is 6.01. The van der Waals surface area contributed by atoms with E-state index < -0.39 is 0 Å². The fourth-order valence-electron chi connectivity index (χ4n) is 4.29. The largest absolute Gasteiger partial charge is 0.495 e. The number of methoxy groups -OCH3 is 1. The van der Waals surface area contributed by atoms with E-state index >= 15 is 0 Å². The number of anilines is 2. The molecule has 8 nitrogen and oxygen atoms in total. The summed E-state index contributed by atoms with van der Waals surface area (Å²) in [5, 5.41) is 0. The molecule has 1 unspecified atom stereocenters. The van der Waals surface area contributed by atoms with Crippen LogP contribution in [0.15, 0.2) is 36.9 Å². The Balaban J connectivity index is 1.33. The number of hydrogen-bond donors (Lipinski definition) is 0. The number of nitrogens with zero attached hydrogens (tertiary/aromatic N) is 6. The third-order valence-electron chi connectivity index (χ3n) is 5.81. The van der Waals surface area contributed by atoms with E-state index in [9.17, 15) is 0 Å². The van der Waals surface area contributed by atoms with Gasteiger partial charge in [0.1, 0.15) is 12.1 Å². The van der Waals surface area contributed by atoms with Crippen LogP contribution in [0.1, 0.15) is 12.8 Å². The van der Waals surface area contributed by atoms with E-state index in [0.29, 0.717) is 0 Å². The first kappa shape index (κ1) is 18.2. The Hall–Kier alpha value is -2.87.